The fourth-order valence-electron chi connectivity index (χ4n) is 4.94. The first-order valence-corrected chi connectivity index (χ1v) is 13.4. The van der Waals surface area contributed by atoms with Gasteiger partial charge in [-0.1, -0.05) is 115 Å². The van der Waals surface area contributed by atoms with Crippen LogP contribution in [0.4, 0.5) is 0 Å². The molecule has 0 spiro atoms. The number of hydrogen-bond donors (Lipinski definition) is 0. The molecule has 0 fully saturated rings. The largest absolute Gasteiger partial charge is 0.208 e. The maximum absolute atomic E-state index is 4.92. The van der Waals surface area contributed by atoms with Gasteiger partial charge >= 0.3 is 0 Å². The van der Waals surface area contributed by atoms with Crippen molar-refractivity contribution < 1.29 is 0 Å². The molecule has 0 amide bonds. The fourth-order valence-corrected chi connectivity index (χ4v) is 6.18. The van der Waals surface area contributed by atoms with Crippen molar-refractivity contribution in [2.45, 2.75) is 6.92 Å². The zero-order valence-electron chi connectivity index (χ0n) is 20.8. The van der Waals surface area contributed by atoms with E-state index in [0.717, 1.165) is 22.3 Å². The second-order valence-electron chi connectivity index (χ2n) is 9.35. The van der Waals surface area contributed by atoms with Gasteiger partial charge in [-0.25, -0.2) is 15.0 Å². The molecule has 2 aromatic heterocycles. The maximum Gasteiger partial charge on any atom is 0.164 e. The summed E-state index contributed by atoms with van der Waals surface area (Å²) >= 11 is 1.85. The van der Waals surface area contributed by atoms with Gasteiger partial charge in [0.2, 0.25) is 0 Å². The van der Waals surface area contributed by atoms with Crippen molar-refractivity contribution in [3.05, 3.63) is 127 Å². The lowest BCUT2D eigenvalue weighted by atomic mass is 10.0. The third-order valence-electron chi connectivity index (χ3n) is 6.91. The van der Waals surface area contributed by atoms with Crippen molar-refractivity contribution in [1.82, 2.24) is 15.0 Å². The molecular formula is C34H23N3S. The molecule has 3 nitrogen and oxygen atoms in total. The monoisotopic (exact) mass is 505 g/mol. The second kappa shape index (κ2) is 9.33. The van der Waals surface area contributed by atoms with Gasteiger partial charge in [0, 0.05) is 36.9 Å². The molecule has 180 valence electrons. The van der Waals surface area contributed by atoms with E-state index in [-0.39, 0.29) is 0 Å². The van der Waals surface area contributed by atoms with E-state index in [1.807, 2.05) is 53.8 Å². The number of rotatable bonds is 4. The van der Waals surface area contributed by atoms with E-state index in [1.54, 1.807) is 0 Å². The van der Waals surface area contributed by atoms with Crippen LogP contribution in [0, 0.1) is 6.92 Å². The van der Waals surface area contributed by atoms with Gasteiger partial charge in [-0.15, -0.1) is 11.3 Å². The van der Waals surface area contributed by atoms with Crippen molar-refractivity contribution in [1.29, 1.82) is 0 Å². The minimum absolute atomic E-state index is 0.670. The SMILES string of the molecule is Cc1ccccc1-c1nc(-c2ccccc2)nc(-c2ccc(-c3cccc4c3sc3ccccc34)cc2)n1. The summed E-state index contributed by atoms with van der Waals surface area (Å²) in [5.74, 6) is 2.03. The first-order chi connectivity index (χ1) is 18.7. The Hall–Kier alpha value is -4.67. The van der Waals surface area contributed by atoms with Crippen LogP contribution in [-0.2, 0) is 0 Å². The summed E-state index contributed by atoms with van der Waals surface area (Å²) in [5, 5.41) is 2.62. The lowest BCUT2D eigenvalue weighted by Gasteiger charge is -2.10. The third-order valence-corrected chi connectivity index (χ3v) is 8.13. The molecule has 0 bridgehead atoms. The number of benzene rings is 5. The van der Waals surface area contributed by atoms with Crippen molar-refractivity contribution >= 4 is 31.5 Å². The lowest BCUT2D eigenvalue weighted by Crippen LogP contribution is -2.01. The van der Waals surface area contributed by atoms with Crippen LogP contribution in [-0.4, -0.2) is 15.0 Å². The van der Waals surface area contributed by atoms with Crippen LogP contribution in [0.2, 0.25) is 0 Å². The van der Waals surface area contributed by atoms with E-state index in [1.165, 1.54) is 31.3 Å². The topological polar surface area (TPSA) is 38.7 Å². The highest BCUT2D eigenvalue weighted by Gasteiger charge is 2.14. The average molecular weight is 506 g/mol. The molecule has 0 saturated heterocycles. The van der Waals surface area contributed by atoms with Crippen LogP contribution in [0.25, 0.3) is 65.5 Å². The Bertz CT molecular complexity index is 1920. The minimum Gasteiger partial charge on any atom is -0.208 e. The first kappa shape index (κ1) is 22.5. The molecule has 0 atom stereocenters. The van der Waals surface area contributed by atoms with Crippen LogP contribution in [0.5, 0.6) is 0 Å². The quantitative estimate of drug-likeness (QED) is 0.239. The highest BCUT2D eigenvalue weighted by Crippen LogP contribution is 2.40. The number of fused-ring (bicyclic) bond motifs is 3. The van der Waals surface area contributed by atoms with Gasteiger partial charge in [0.15, 0.2) is 17.5 Å². The number of nitrogens with zero attached hydrogens (tertiary/aromatic N) is 3. The van der Waals surface area contributed by atoms with Gasteiger partial charge in [-0.05, 0) is 29.7 Å². The summed E-state index contributed by atoms with van der Waals surface area (Å²) in [6.07, 6.45) is 0. The van der Waals surface area contributed by atoms with Crippen LogP contribution < -0.4 is 0 Å². The van der Waals surface area contributed by atoms with E-state index in [0.29, 0.717) is 17.5 Å². The number of aromatic nitrogens is 3. The van der Waals surface area contributed by atoms with E-state index in [2.05, 4.69) is 85.8 Å². The molecule has 0 saturated carbocycles. The Morgan fingerprint density at radius 1 is 0.447 bits per heavy atom. The Balaban J connectivity index is 1.34. The fraction of sp³-hybridized carbons (Fsp3) is 0.0294. The van der Waals surface area contributed by atoms with E-state index in [9.17, 15) is 0 Å². The Kier molecular flexibility index (Phi) is 5.53. The zero-order chi connectivity index (χ0) is 25.5. The molecule has 0 aliphatic heterocycles. The Morgan fingerprint density at radius 2 is 1.03 bits per heavy atom. The molecular weight excluding hydrogens is 482 g/mol. The molecule has 0 aliphatic carbocycles. The van der Waals surface area contributed by atoms with Crippen LogP contribution >= 0.6 is 11.3 Å². The average Bonchev–Trinajstić information content (AvgIpc) is 3.37. The van der Waals surface area contributed by atoms with Crippen molar-refractivity contribution in [3.63, 3.8) is 0 Å². The van der Waals surface area contributed by atoms with Crippen LogP contribution in [0.1, 0.15) is 5.56 Å². The van der Waals surface area contributed by atoms with E-state index >= 15 is 0 Å². The predicted molar refractivity (Wildman–Crippen MR) is 159 cm³/mol. The van der Waals surface area contributed by atoms with Crippen molar-refractivity contribution in [2.24, 2.45) is 0 Å². The van der Waals surface area contributed by atoms with Crippen LogP contribution in [0.3, 0.4) is 0 Å². The molecule has 4 heteroatoms. The van der Waals surface area contributed by atoms with E-state index < -0.39 is 0 Å². The predicted octanol–water partition coefficient (Wildman–Crippen LogP) is 9.22. The number of aryl methyl sites for hydroxylation is 1. The Morgan fingerprint density at radius 3 is 1.82 bits per heavy atom. The molecule has 7 aromatic rings. The molecule has 0 radical (unpaired) electrons. The molecule has 2 heterocycles. The summed E-state index contributed by atoms with van der Waals surface area (Å²) < 4.78 is 2.63. The van der Waals surface area contributed by atoms with Crippen molar-refractivity contribution in [3.8, 4) is 45.3 Å². The van der Waals surface area contributed by atoms with Gasteiger partial charge in [0.1, 0.15) is 0 Å². The van der Waals surface area contributed by atoms with Crippen LogP contribution in [0.15, 0.2) is 121 Å². The van der Waals surface area contributed by atoms with Gasteiger partial charge < -0.3 is 0 Å². The normalized spacial score (nSPS) is 11.3. The lowest BCUT2D eigenvalue weighted by molar-refractivity contribution is 1.07. The highest BCUT2D eigenvalue weighted by molar-refractivity contribution is 7.26. The van der Waals surface area contributed by atoms with Gasteiger partial charge in [-0.3, -0.25) is 0 Å². The molecule has 0 aliphatic rings. The standard InChI is InChI=1S/C34H23N3S/c1-22-10-5-6-13-26(22)34-36-32(24-11-3-2-4-12-24)35-33(37-34)25-20-18-23(19-21-25)27-15-9-16-29-28-14-7-8-17-30(28)38-31(27)29/h2-21H,1H3. The van der Waals surface area contributed by atoms with Gasteiger partial charge in [-0.2, -0.15) is 0 Å². The summed E-state index contributed by atoms with van der Waals surface area (Å²) in [6.45, 7) is 2.09. The summed E-state index contributed by atoms with van der Waals surface area (Å²) in [6, 6.07) is 42.1. The first-order valence-electron chi connectivity index (χ1n) is 12.6. The number of hydrogen-bond acceptors (Lipinski definition) is 4. The maximum atomic E-state index is 4.92. The van der Waals surface area contributed by atoms with E-state index in [4.69, 9.17) is 15.0 Å². The second-order valence-corrected chi connectivity index (χ2v) is 10.4. The zero-order valence-corrected chi connectivity index (χ0v) is 21.6. The summed E-state index contributed by atoms with van der Waals surface area (Å²) in [4.78, 5) is 14.7. The summed E-state index contributed by atoms with van der Waals surface area (Å²) in [7, 11) is 0. The highest BCUT2D eigenvalue weighted by atomic mass is 32.1. The Labute approximate surface area is 225 Å². The third kappa shape index (κ3) is 3.96. The molecule has 7 rings (SSSR count). The number of thiophene rings is 1. The van der Waals surface area contributed by atoms with Gasteiger partial charge in [0.05, 0.1) is 0 Å². The van der Waals surface area contributed by atoms with Gasteiger partial charge in [0.25, 0.3) is 0 Å². The molecule has 5 aromatic carbocycles. The smallest absolute Gasteiger partial charge is 0.164 e. The summed E-state index contributed by atoms with van der Waals surface area (Å²) in [5.41, 5.74) is 6.52. The molecule has 0 N–H and O–H groups in total. The molecule has 38 heavy (non-hydrogen) atoms. The molecule has 0 unspecified atom stereocenters. The van der Waals surface area contributed by atoms with Crippen molar-refractivity contribution in [2.75, 3.05) is 0 Å². The minimum atomic E-state index is 0.670.